The standard InChI is InChI=1S/C13H10BrF3N2/c14-8-1-2-11(12(17)5-8)13(19-18)7-3-9(15)6-10(16)4-7/h1-6,13,19H,18H2. The van der Waals surface area contributed by atoms with Crippen molar-refractivity contribution < 1.29 is 13.2 Å². The van der Waals surface area contributed by atoms with Crippen molar-refractivity contribution in [2.24, 2.45) is 5.84 Å². The van der Waals surface area contributed by atoms with Crippen LogP contribution in [0.15, 0.2) is 40.9 Å². The number of nitrogens with two attached hydrogens (primary N) is 1. The Morgan fingerprint density at radius 1 is 1.00 bits per heavy atom. The molecule has 2 nitrogen and oxygen atoms in total. The van der Waals surface area contributed by atoms with Gasteiger partial charge >= 0.3 is 0 Å². The predicted octanol–water partition coefficient (Wildman–Crippen LogP) is 3.42. The van der Waals surface area contributed by atoms with E-state index in [9.17, 15) is 13.2 Å². The van der Waals surface area contributed by atoms with Crippen LogP contribution in [0.3, 0.4) is 0 Å². The van der Waals surface area contributed by atoms with Gasteiger partial charge in [-0.1, -0.05) is 22.0 Å². The van der Waals surface area contributed by atoms with Crippen LogP contribution in [-0.4, -0.2) is 0 Å². The Morgan fingerprint density at radius 3 is 2.16 bits per heavy atom. The number of rotatable bonds is 3. The summed E-state index contributed by atoms with van der Waals surface area (Å²) in [5.41, 5.74) is 2.77. The van der Waals surface area contributed by atoms with E-state index in [0.717, 1.165) is 18.2 Å². The topological polar surface area (TPSA) is 38.0 Å². The van der Waals surface area contributed by atoms with Gasteiger partial charge in [0.15, 0.2) is 0 Å². The van der Waals surface area contributed by atoms with Gasteiger partial charge in [0.2, 0.25) is 0 Å². The predicted molar refractivity (Wildman–Crippen MR) is 69.6 cm³/mol. The van der Waals surface area contributed by atoms with Gasteiger partial charge in [-0.25, -0.2) is 18.6 Å². The molecule has 0 radical (unpaired) electrons. The first-order valence-electron chi connectivity index (χ1n) is 5.38. The van der Waals surface area contributed by atoms with E-state index in [2.05, 4.69) is 21.4 Å². The molecule has 0 saturated heterocycles. The minimum Gasteiger partial charge on any atom is -0.271 e. The third-order valence-corrected chi connectivity index (χ3v) is 3.15. The average Bonchev–Trinajstić information content (AvgIpc) is 2.31. The largest absolute Gasteiger partial charge is 0.271 e. The van der Waals surface area contributed by atoms with Crippen LogP contribution in [0.4, 0.5) is 13.2 Å². The molecule has 0 aliphatic rings. The Kier molecular flexibility index (Phi) is 4.24. The van der Waals surface area contributed by atoms with Crippen LogP contribution in [0.2, 0.25) is 0 Å². The fraction of sp³-hybridized carbons (Fsp3) is 0.0769. The fourth-order valence-electron chi connectivity index (χ4n) is 1.84. The summed E-state index contributed by atoms with van der Waals surface area (Å²) < 4.78 is 40.8. The molecule has 3 N–H and O–H groups in total. The van der Waals surface area contributed by atoms with E-state index >= 15 is 0 Å². The third-order valence-electron chi connectivity index (χ3n) is 2.66. The molecule has 19 heavy (non-hydrogen) atoms. The van der Waals surface area contributed by atoms with E-state index in [0.29, 0.717) is 4.47 Å². The summed E-state index contributed by atoms with van der Waals surface area (Å²) in [6, 6.07) is 6.50. The number of hydrogen-bond donors (Lipinski definition) is 2. The maximum atomic E-state index is 13.9. The van der Waals surface area contributed by atoms with E-state index < -0.39 is 23.5 Å². The van der Waals surface area contributed by atoms with Crippen molar-refractivity contribution in [2.75, 3.05) is 0 Å². The average molecular weight is 331 g/mol. The smallest absolute Gasteiger partial charge is 0.129 e. The molecule has 1 atom stereocenters. The maximum Gasteiger partial charge on any atom is 0.129 e. The molecule has 0 saturated carbocycles. The molecular formula is C13H10BrF3N2. The van der Waals surface area contributed by atoms with Crippen molar-refractivity contribution in [3.63, 3.8) is 0 Å². The zero-order chi connectivity index (χ0) is 14.0. The van der Waals surface area contributed by atoms with Crippen molar-refractivity contribution in [3.8, 4) is 0 Å². The van der Waals surface area contributed by atoms with Gasteiger partial charge in [0, 0.05) is 16.1 Å². The molecule has 0 fully saturated rings. The van der Waals surface area contributed by atoms with E-state index in [1.807, 2.05) is 0 Å². The molecule has 0 aliphatic carbocycles. The zero-order valence-corrected chi connectivity index (χ0v) is 11.2. The molecule has 0 amide bonds. The van der Waals surface area contributed by atoms with Gasteiger partial charge in [0.25, 0.3) is 0 Å². The number of hydrazine groups is 1. The Bertz CT molecular complexity index is 584. The first-order chi connectivity index (χ1) is 9.01. The summed E-state index contributed by atoms with van der Waals surface area (Å²) in [7, 11) is 0. The lowest BCUT2D eigenvalue weighted by Gasteiger charge is -2.18. The third kappa shape index (κ3) is 3.15. The van der Waals surface area contributed by atoms with Gasteiger partial charge < -0.3 is 0 Å². The molecule has 0 aromatic heterocycles. The summed E-state index contributed by atoms with van der Waals surface area (Å²) in [6.07, 6.45) is 0. The van der Waals surface area contributed by atoms with E-state index in [-0.39, 0.29) is 11.1 Å². The highest BCUT2D eigenvalue weighted by atomic mass is 79.9. The molecule has 1 unspecified atom stereocenters. The molecular weight excluding hydrogens is 321 g/mol. The van der Waals surface area contributed by atoms with E-state index in [1.165, 1.54) is 12.1 Å². The monoisotopic (exact) mass is 330 g/mol. The van der Waals surface area contributed by atoms with Crippen LogP contribution >= 0.6 is 15.9 Å². The summed E-state index contributed by atoms with van der Waals surface area (Å²) in [5.74, 6) is 3.36. The first-order valence-corrected chi connectivity index (χ1v) is 6.17. The molecule has 6 heteroatoms. The molecule has 100 valence electrons. The van der Waals surface area contributed by atoms with Crippen LogP contribution in [-0.2, 0) is 0 Å². The Morgan fingerprint density at radius 2 is 1.63 bits per heavy atom. The van der Waals surface area contributed by atoms with Crippen LogP contribution in [0, 0.1) is 17.5 Å². The Labute approximate surface area is 116 Å². The van der Waals surface area contributed by atoms with Crippen molar-refractivity contribution in [3.05, 3.63) is 69.4 Å². The normalized spacial score (nSPS) is 12.5. The van der Waals surface area contributed by atoms with Gasteiger partial charge in [-0.15, -0.1) is 0 Å². The summed E-state index contributed by atoms with van der Waals surface area (Å²) in [6.45, 7) is 0. The van der Waals surface area contributed by atoms with Crippen molar-refractivity contribution in [1.82, 2.24) is 5.43 Å². The van der Waals surface area contributed by atoms with Gasteiger partial charge in [0.1, 0.15) is 17.5 Å². The van der Waals surface area contributed by atoms with Crippen LogP contribution in [0.5, 0.6) is 0 Å². The Hall–Kier alpha value is -1.37. The van der Waals surface area contributed by atoms with Crippen molar-refractivity contribution in [1.29, 1.82) is 0 Å². The lowest BCUT2D eigenvalue weighted by molar-refractivity contribution is 0.543. The van der Waals surface area contributed by atoms with Crippen LogP contribution in [0.1, 0.15) is 17.2 Å². The van der Waals surface area contributed by atoms with Crippen LogP contribution in [0.25, 0.3) is 0 Å². The van der Waals surface area contributed by atoms with Crippen molar-refractivity contribution >= 4 is 15.9 Å². The summed E-state index contributed by atoms with van der Waals surface area (Å²) in [4.78, 5) is 0. The SMILES string of the molecule is NNC(c1cc(F)cc(F)c1)c1ccc(Br)cc1F. The second-order valence-corrected chi connectivity index (χ2v) is 4.88. The Balaban J connectivity index is 2.49. The lowest BCUT2D eigenvalue weighted by Crippen LogP contribution is -2.29. The number of nitrogens with one attached hydrogen (secondary N) is 1. The van der Waals surface area contributed by atoms with E-state index in [4.69, 9.17) is 5.84 Å². The van der Waals surface area contributed by atoms with Gasteiger partial charge in [-0.3, -0.25) is 5.84 Å². The minimum absolute atomic E-state index is 0.204. The highest BCUT2D eigenvalue weighted by Crippen LogP contribution is 2.27. The molecule has 2 aromatic rings. The highest BCUT2D eigenvalue weighted by Gasteiger charge is 2.18. The highest BCUT2D eigenvalue weighted by molar-refractivity contribution is 9.10. The lowest BCUT2D eigenvalue weighted by atomic mass is 9.98. The molecule has 0 heterocycles. The molecule has 2 aromatic carbocycles. The summed E-state index contributed by atoms with van der Waals surface area (Å²) in [5, 5.41) is 0. The first kappa shape index (κ1) is 14.0. The molecule has 0 bridgehead atoms. The number of hydrogen-bond acceptors (Lipinski definition) is 2. The van der Waals surface area contributed by atoms with Crippen molar-refractivity contribution in [2.45, 2.75) is 6.04 Å². The zero-order valence-electron chi connectivity index (χ0n) is 9.63. The molecule has 0 spiro atoms. The summed E-state index contributed by atoms with van der Waals surface area (Å²) >= 11 is 3.14. The quantitative estimate of drug-likeness (QED) is 0.668. The number of benzene rings is 2. The molecule has 2 rings (SSSR count). The maximum absolute atomic E-state index is 13.9. The van der Waals surface area contributed by atoms with Gasteiger partial charge in [-0.05, 0) is 29.8 Å². The number of halogens is 4. The van der Waals surface area contributed by atoms with Gasteiger partial charge in [0.05, 0.1) is 6.04 Å². The molecule has 0 aliphatic heterocycles. The van der Waals surface area contributed by atoms with Gasteiger partial charge in [-0.2, -0.15) is 0 Å². The van der Waals surface area contributed by atoms with Crippen LogP contribution < -0.4 is 11.3 Å². The van der Waals surface area contributed by atoms with E-state index in [1.54, 1.807) is 6.07 Å². The second-order valence-electron chi connectivity index (χ2n) is 3.97. The second kappa shape index (κ2) is 5.73. The minimum atomic E-state index is -0.835. The fourth-order valence-corrected chi connectivity index (χ4v) is 2.18.